The lowest BCUT2D eigenvalue weighted by Crippen LogP contribution is -2.29. The number of rotatable bonds is 3. The lowest BCUT2D eigenvalue weighted by Gasteiger charge is -2.18. The van der Waals surface area contributed by atoms with E-state index < -0.39 is 0 Å². The fraction of sp³-hybridized carbons (Fsp3) is 0.0909. The van der Waals surface area contributed by atoms with Crippen molar-refractivity contribution in [3.05, 3.63) is 85.5 Å². The molecule has 0 N–H and O–H groups in total. The van der Waals surface area contributed by atoms with E-state index in [4.69, 9.17) is 9.41 Å². The van der Waals surface area contributed by atoms with Gasteiger partial charge in [-0.05, 0) is 86.8 Å². The third-order valence-electron chi connectivity index (χ3n) is 4.43. The van der Waals surface area contributed by atoms with Crippen LogP contribution in [0.2, 0.25) is 0 Å². The molecule has 7 heteroatoms. The van der Waals surface area contributed by atoms with Crippen LogP contribution >= 0.6 is 43.6 Å². The minimum Gasteiger partial charge on any atom is -0.449 e. The number of para-hydroxylation sites is 2. The first-order chi connectivity index (χ1) is 13.9. The van der Waals surface area contributed by atoms with E-state index in [2.05, 4.69) is 31.9 Å². The highest BCUT2D eigenvalue weighted by Crippen LogP contribution is 2.39. The Morgan fingerprint density at radius 3 is 2.38 bits per heavy atom. The van der Waals surface area contributed by atoms with E-state index in [1.165, 1.54) is 11.8 Å². The minimum absolute atomic E-state index is 0.125. The number of aliphatic imine (C=N–C) groups is 1. The quantitative estimate of drug-likeness (QED) is 0.335. The van der Waals surface area contributed by atoms with Crippen LogP contribution in [0.3, 0.4) is 0 Å². The van der Waals surface area contributed by atoms with Crippen molar-refractivity contribution < 1.29 is 9.21 Å². The molecule has 1 aliphatic heterocycles. The fourth-order valence-electron chi connectivity index (χ4n) is 2.93. The zero-order chi connectivity index (χ0) is 20.5. The van der Waals surface area contributed by atoms with Crippen LogP contribution in [0, 0.1) is 13.8 Å². The molecule has 1 saturated heterocycles. The fourth-order valence-corrected chi connectivity index (χ4v) is 4.51. The van der Waals surface area contributed by atoms with E-state index >= 15 is 0 Å². The largest absolute Gasteiger partial charge is 0.449 e. The monoisotopic (exact) mass is 530 g/mol. The molecule has 0 unspecified atom stereocenters. The molecule has 0 saturated carbocycles. The van der Waals surface area contributed by atoms with Crippen molar-refractivity contribution in [2.75, 3.05) is 4.90 Å². The number of hydrogen-bond acceptors (Lipinski definition) is 4. The Morgan fingerprint density at radius 2 is 1.72 bits per heavy atom. The van der Waals surface area contributed by atoms with E-state index in [-0.39, 0.29) is 5.91 Å². The molecule has 0 aliphatic carbocycles. The number of nitrogens with zero attached hydrogens (tertiary/aromatic N) is 2. The topological polar surface area (TPSA) is 45.8 Å². The molecule has 2 heterocycles. The van der Waals surface area contributed by atoms with Gasteiger partial charge >= 0.3 is 0 Å². The summed E-state index contributed by atoms with van der Waals surface area (Å²) in [5.41, 5.74) is 3.71. The SMILES string of the molecule is Cc1ccccc1N=C1SC(=Cc2cc(Br)c(Br)o2)C(=O)N1c1ccccc1C. The van der Waals surface area contributed by atoms with Crippen molar-refractivity contribution in [1.29, 1.82) is 0 Å². The molecule has 1 amide bonds. The smallest absolute Gasteiger partial charge is 0.271 e. The average Bonchev–Trinajstić information content (AvgIpc) is 3.16. The molecule has 2 aromatic carbocycles. The second-order valence-electron chi connectivity index (χ2n) is 6.49. The first kappa shape index (κ1) is 20.2. The summed E-state index contributed by atoms with van der Waals surface area (Å²) >= 11 is 8.08. The van der Waals surface area contributed by atoms with Gasteiger partial charge in [0, 0.05) is 6.08 Å². The average molecular weight is 532 g/mol. The number of thioether (sulfide) groups is 1. The molecule has 29 heavy (non-hydrogen) atoms. The summed E-state index contributed by atoms with van der Waals surface area (Å²) in [4.78, 5) is 20.4. The highest BCUT2D eigenvalue weighted by atomic mass is 79.9. The standard InChI is InChI=1S/C22H16Br2N2O2S/c1-13-7-3-5-9-17(13)25-22-26(18-10-6-4-8-14(18)2)21(27)19(29-22)12-15-11-16(23)20(24)28-15/h3-12H,1-2H3. The van der Waals surface area contributed by atoms with E-state index in [9.17, 15) is 4.79 Å². The van der Waals surface area contributed by atoms with Crippen molar-refractivity contribution in [2.45, 2.75) is 13.8 Å². The zero-order valence-electron chi connectivity index (χ0n) is 15.6. The maximum atomic E-state index is 13.3. The Bertz CT molecular complexity index is 1150. The number of halogens is 2. The summed E-state index contributed by atoms with van der Waals surface area (Å²) < 4.78 is 7.01. The molecule has 1 aromatic heterocycles. The van der Waals surface area contributed by atoms with Gasteiger partial charge in [-0.3, -0.25) is 9.69 Å². The molecule has 0 spiro atoms. The maximum Gasteiger partial charge on any atom is 0.271 e. The van der Waals surface area contributed by atoms with Crippen molar-refractivity contribution in [2.24, 2.45) is 4.99 Å². The van der Waals surface area contributed by atoms with Gasteiger partial charge in [-0.15, -0.1) is 0 Å². The predicted octanol–water partition coefficient (Wildman–Crippen LogP) is 7.23. The third-order valence-corrected chi connectivity index (χ3v) is 7.11. The Labute approximate surface area is 190 Å². The molecule has 0 radical (unpaired) electrons. The van der Waals surface area contributed by atoms with Gasteiger partial charge in [0.15, 0.2) is 9.84 Å². The number of furan rings is 1. The molecule has 3 aromatic rings. The highest BCUT2D eigenvalue weighted by molar-refractivity contribution is 9.13. The molecule has 0 bridgehead atoms. The van der Waals surface area contributed by atoms with Gasteiger partial charge in [-0.25, -0.2) is 4.99 Å². The lowest BCUT2D eigenvalue weighted by molar-refractivity contribution is -0.113. The van der Waals surface area contributed by atoms with Crippen LogP contribution in [0.1, 0.15) is 16.9 Å². The third kappa shape index (κ3) is 4.13. The minimum atomic E-state index is -0.125. The molecule has 1 fully saturated rings. The first-order valence-electron chi connectivity index (χ1n) is 8.83. The first-order valence-corrected chi connectivity index (χ1v) is 11.2. The van der Waals surface area contributed by atoms with Gasteiger partial charge < -0.3 is 4.42 Å². The zero-order valence-corrected chi connectivity index (χ0v) is 19.6. The van der Waals surface area contributed by atoms with Crippen molar-refractivity contribution in [3.8, 4) is 0 Å². The second kappa shape index (κ2) is 8.34. The van der Waals surface area contributed by atoms with Crippen LogP contribution in [-0.2, 0) is 4.79 Å². The molecule has 1 aliphatic rings. The summed E-state index contributed by atoms with van der Waals surface area (Å²) in [6.07, 6.45) is 1.74. The van der Waals surface area contributed by atoms with Crippen molar-refractivity contribution >= 4 is 72.1 Å². The van der Waals surface area contributed by atoms with Gasteiger partial charge in [0.05, 0.1) is 20.8 Å². The van der Waals surface area contributed by atoms with E-state index in [0.29, 0.717) is 20.5 Å². The number of anilines is 1. The number of amidine groups is 1. The molecular weight excluding hydrogens is 516 g/mol. The molecule has 0 atom stereocenters. The number of benzene rings is 2. The van der Waals surface area contributed by atoms with Crippen LogP contribution < -0.4 is 4.90 Å². The Balaban J connectivity index is 1.82. The molecule has 4 rings (SSSR count). The van der Waals surface area contributed by atoms with Crippen LogP contribution in [0.25, 0.3) is 6.08 Å². The van der Waals surface area contributed by atoms with Crippen LogP contribution in [0.15, 0.2) is 78.1 Å². The number of amides is 1. The normalized spacial score (nSPS) is 17.0. The van der Waals surface area contributed by atoms with Crippen molar-refractivity contribution in [1.82, 2.24) is 0 Å². The van der Waals surface area contributed by atoms with E-state index in [1.807, 2.05) is 68.4 Å². The highest BCUT2D eigenvalue weighted by Gasteiger charge is 2.35. The summed E-state index contributed by atoms with van der Waals surface area (Å²) in [5.74, 6) is 0.460. The second-order valence-corrected chi connectivity index (χ2v) is 9.07. The van der Waals surface area contributed by atoms with E-state index in [1.54, 1.807) is 11.0 Å². The van der Waals surface area contributed by atoms with Gasteiger partial charge in [0.25, 0.3) is 5.91 Å². The van der Waals surface area contributed by atoms with E-state index in [0.717, 1.165) is 27.0 Å². The Kier molecular flexibility index (Phi) is 5.81. The van der Waals surface area contributed by atoms with Crippen LogP contribution in [-0.4, -0.2) is 11.1 Å². The Hall–Kier alpha value is -2.09. The lowest BCUT2D eigenvalue weighted by atomic mass is 10.2. The van der Waals surface area contributed by atoms with Crippen molar-refractivity contribution in [3.63, 3.8) is 0 Å². The summed E-state index contributed by atoms with van der Waals surface area (Å²) in [6.45, 7) is 3.99. The predicted molar refractivity (Wildman–Crippen MR) is 127 cm³/mol. The summed E-state index contributed by atoms with van der Waals surface area (Å²) in [7, 11) is 0. The number of carbonyl (C=O) groups excluding carboxylic acids is 1. The van der Waals surface area contributed by atoms with Gasteiger partial charge in [-0.2, -0.15) is 0 Å². The Morgan fingerprint density at radius 1 is 1.03 bits per heavy atom. The number of aryl methyl sites for hydroxylation is 2. The van der Waals surface area contributed by atoms with Crippen LogP contribution in [0.5, 0.6) is 0 Å². The number of carbonyl (C=O) groups is 1. The molecule has 146 valence electrons. The maximum absolute atomic E-state index is 13.3. The van der Waals surface area contributed by atoms with Gasteiger partial charge in [0.2, 0.25) is 0 Å². The molecule has 4 nitrogen and oxygen atoms in total. The summed E-state index contributed by atoms with van der Waals surface area (Å²) in [5, 5.41) is 0.620. The van der Waals surface area contributed by atoms with Crippen LogP contribution in [0.4, 0.5) is 11.4 Å². The number of hydrogen-bond donors (Lipinski definition) is 0. The van der Waals surface area contributed by atoms with Gasteiger partial charge in [-0.1, -0.05) is 36.4 Å². The molecular formula is C22H16Br2N2O2S. The summed E-state index contributed by atoms with van der Waals surface area (Å²) in [6, 6.07) is 17.5. The van der Waals surface area contributed by atoms with Gasteiger partial charge in [0.1, 0.15) is 5.76 Å².